The summed E-state index contributed by atoms with van der Waals surface area (Å²) in [6.45, 7) is 0. The molecule has 0 fully saturated rings. The van der Waals surface area contributed by atoms with E-state index in [0.29, 0.717) is 21.0 Å². The van der Waals surface area contributed by atoms with Gasteiger partial charge in [0.1, 0.15) is 5.69 Å². The molecule has 0 spiro atoms. The number of nitrogens with one attached hydrogen (secondary N) is 1. The highest BCUT2D eigenvalue weighted by atomic mass is 32.2. The lowest BCUT2D eigenvalue weighted by Crippen LogP contribution is -2.28. The van der Waals surface area contributed by atoms with Crippen molar-refractivity contribution in [1.29, 1.82) is 0 Å². The number of nitrogens with zero attached hydrogens (tertiary/aromatic N) is 2. The topological polar surface area (TPSA) is 107 Å². The fourth-order valence-corrected chi connectivity index (χ4v) is 2.79. The van der Waals surface area contributed by atoms with Crippen molar-refractivity contribution in [2.45, 2.75) is 0 Å². The molecule has 3 N–H and O–H groups in total. The van der Waals surface area contributed by atoms with Crippen LogP contribution in [-0.2, 0) is 10.2 Å². The van der Waals surface area contributed by atoms with Gasteiger partial charge in [-0.1, -0.05) is 48.5 Å². The average molecular weight is 342 g/mol. The number of carbonyl (C=O) groups excluding carboxylic acids is 1. The summed E-state index contributed by atoms with van der Waals surface area (Å²) in [5.41, 5.74) is 1.38. The zero-order valence-corrected chi connectivity index (χ0v) is 13.3. The highest BCUT2D eigenvalue weighted by Gasteiger charge is 2.22. The zero-order chi connectivity index (χ0) is 17.2. The number of rotatable bonds is 4. The maximum Gasteiger partial charge on any atom is 0.318 e. The fraction of sp³-hybridized carbons (Fsp3) is 0. The number of aromatic nitrogens is 2. The van der Waals surface area contributed by atoms with Gasteiger partial charge in [-0.25, -0.2) is 5.14 Å². The van der Waals surface area contributed by atoms with E-state index in [0.717, 1.165) is 0 Å². The Hall–Kier alpha value is -2.97. The second-order valence-electron chi connectivity index (χ2n) is 4.99. The monoisotopic (exact) mass is 342 g/mol. The Morgan fingerprint density at radius 3 is 2.17 bits per heavy atom. The molecule has 0 aliphatic heterocycles. The maximum absolute atomic E-state index is 12.4. The Morgan fingerprint density at radius 1 is 1.00 bits per heavy atom. The highest BCUT2D eigenvalue weighted by Crippen LogP contribution is 2.20. The summed E-state index contributed by atoms with van der Waals surface area (Å²) in [7, 11) is -4.21. The number of anilines is 1. The highest BCUT2D eigenvalue weighted by molar-refractivity contribution is 7.87. The lowest BCUT2D eigenvalue weighted by molar-refractivity contribution is 0.102. The van der Waals surface area contributed by atoms with Crippen molar-refractivity contribution in [3.05, 3.63) is 72.4 Å². The fourth-order valence-electron chi connectivity index (χ4n) is 2.18. The first kappa shape index (κ1) is 15.9. The van der Waals surface area contributed by atoms with Crippen molar-refractivity contribution >= 4 is 21.8 Å². The van der Waals surface area contributed by atoms with Gasteiger partial charge in [-0.15, -0.1) is 4.09 Å². The minimum absolute atomic E-state index is 0.166. The van der Waals surface area contributed by atoms with Gasteiger partial charge < -0.3 is 5.32 Å². The molecule has 0 saturated heterocycles. The molecule has 0 radical (unpaired) electrons. The molecule has 0 saturated carbocycles. The van der Waals surface area contributed by atoms with Gasteiger partial charge in [0.2, 0.25) is 0 Å². The molecule has 0 bridgehead atoms. The number of benzene rings is 2. The van der Waals surface area contributed by atoms with Gasteiger partial charge in [-0.05, 0) is 18.2 Å². The van der Waals surface area contributed by atoms with E-state index in [9.17, 15) is 13.2 Å². The summed E-state index contributed by atoms with van der Waals surface area (Å²) in [4.78, 5) is 12.4. The Kier molecular flexibility index (Phi) is 4.15. The van der Waals surface area contributed by atoms with Crippen LogP contribution in [0.5, 0.6) is 0 Å². The van der Waals surface area contributed by atoms with Crippen molar-refractivity contribution in [3.8, 4) is 11.3 Å². The summed E-state index contributed by atoms with van der Waals surface area (Å²) in [6, 6.07) is 19.0. The number of nitrogens with two attached hydrogens (primary N) is 1. The molecule has 1 amide bonds. The van der Waals surface area contributed by atoms with Gasteiger partial charge in [0.15, 0.2) is 0 Å². The third-order valence-electron chi connectivity index (χ3n) is 3.25. The SMILES string of the molecule is NS(=O)(=O)n1nc(-c2ccccc2)cc1C(=O)Nc1ccccc1. The summed E-state index contributed by atoms with van der Waals surface area (Å²) >= 11 is 0. The minimum atomic E-state index is -4.21. The van der Waals surface area contributed by atoms with Crippen molar-refractivity contribution in [2.75, 3.05) is 5.32 Å². The summed E-state index contributed by atoms with van der Waals surface area (Å²) < 4.78 is 24.0. The van der Waals surface area contributed by atoms with Crippen molar-refractivity contribution < 1.29 is 13.2 Å². The molecule has 1 aromatic heterocycles. The normalized spacial score (nSPS) is 11.2. The third kappa shape index (κ3) is 3.34. The Balaban J connectivity index is 2.03. The quantitative estimate of drug-likeness (QED) is 0.754. The zero-order valence-electron chi connectivity index (χ0n) is 12.5. The van der Waals surface area contributed by atoms with Crippen LogP contribution < -0.4 is 10.5 Å². The first-order valence-corrected chi connectivity index (χ1v) is 8.50. The van der Waals surface area contributed by atoms with Crippen LogP contribution in [0.4, 0.5) is 5.69 Å². The smallest absolute Gasteiger partial charge is 0.318 e. The van der Waals surface area contributed by atoms with Gasteiger partial charge in [-0.2, -0.15) is 13.5 Å². The van der Waals surface area contributed by atoms with E-state index in [4.69, 9.17) is 5.14 Å². The van der Waals surface area contributed by atoms with E-state index < -0.39 is 16.1 Å². The molecule has 122 valence electrons. The largest absolute Gasteiger partial charge is 0.321 e. The Bertz CT molecular complexity index is 967. The van der Waals surface area contributed by atoms with Crippen molar-refractivity contribution in [2.24, 2.45) is 5.14 Å². The van der Waals surface area contributed by atoms with E-state index >= 15 is 0 Å². The van der Waals surface area contributed by atoms with Gasteiger partial charge >= 0.3 is 10.2 Å². The minimum Gasteiger partial charge on any atom is -0.321 e. The van der Waals surface area contributed by atoms with E-state index in [1.54, 1.807) is 54.6 Å². The molecular weight excluding hydrogens is 328 g/mol. The maximum atomic E-state index is 12.4. The van der Waals surface area contributed by atoms with E-state index in [1.165, 1.54) is 6.07 Å². The Labute approximate surface area is 138 Å². The van der Waals surface area contributed by atoms with Gasteiger partial charge in [0, 0.05) is 11.3 Å². The van der Waals surface area contributed by atoms with Crippen molar-refractivity contribution in [1.82, 2.24) is 9.19 Å². The third-order valence-corrected chi connectivity index (χ3v) is 4.01. The lowest BCUT2D eigenvalue weighted by atomic mass is 10.1. The number of hydrogen-bond acceptors (Lipinski definition) is 4. The van der Waals surface area contributed by atoms with Crippen LogP contribution in [0.2, 0.25) is 0 Å². The van der Waals surface area contributed by atoms with Crippen LogP contribution in [-0.4, -0.2) is 23.5 Å². The molecule has 0 atom stereocenters. The second-order valence-corrected chi connectivity index (χ2v) is 6.36. The number of para-hydroxylation sites is 1. The lowest BCUT2D eigenvalue weighted by Gasteiger charge is -2.06. The molecule has 0 aliphatic rings. The van der Waals surface area contributed by atoms with Crippen LogP contribution >= 0.6 is 0 Å². The molecule has 3 aromatic rings. The molecule has 7 nitrogen and oxygen atoms in total. The predicted octanol–water partition coefficient (Wildman–Crippen LogP) is 1.85. The van der Waals surface area contributed by atoms with Gasteiger partial charge in [-0.3, -0.25) is 4.79 Å². The molecule has 24 heavy (non-hydrogen) atoms. The van der Waals surface area contributed by atoms with E-state index in [2.05, 4.69) is 10.4 Å². The molecule has 2 aromatic carbocycles. The molecule has 8 heteroatoms. The van der Waals surface area contributed by atoms with Crippen LogP contribution in [0.25, 0.3) is 11.3 Å². The van der Waals surface area contributed by atoms with Gasteiger partial charge in [0.05, 0.1) is 5.69 Å². The number of hydrogen-bond donors (Lipinski definition) is 2. The molecule has 0 aliphatic carbocycles. The first-order valence-electron chi connectivity index (χ1n) is 7.00. The van der Waals surface area contributed by atoms with E-state index in [1.807, 2.05) is 6.07 Å². The Morgan fingerprint density at radius 2 is 1.58 bits per heavy atom. The predicted molar refractivity (Wildman–Crippen MR) is 90.6 cm³/mol. The summed E-state index contributed by atoms with van der Waals surface area (Å²) in [6.07, 6.45) is 0. The average Bonchev–Trinajstić information content (AvgIpc) is 3.02. The summed E-state index contributed by atoms with van der Waals surface area (Å²) in [5.74, 6) is -0.620. The van der Waals surface area contributed by atoms with Crippen molar-refractivity contribution in [3.63, 3.8) is 0 Å². The molecule has 0 unspecified atom stereocenters. The molecule has 1 heterocycles. The number of carbonyl (C=O) groups is 1. The van der Waals surface area contributed by atoms with E-state index in [-0.39, 0.29) is 5.69 Å². The van der Waals surface area contributed by atoms with Crippen LogP contribution in [0.3, 0.4) is 0 Å². The summed E-state index contributed by atoms with van der Waals surface area (Å²) in [5, 5.41) is 11.7. The number of amides is 1. The first-order chi connectivity index (χ1) is 11.4. The van der Waals surface area contributed by atoms with Crippen LogP contribution in [0, 0.1) is 0 Å². The second kappa shape index (κ2) is 6.26. The standard InChI is InChI=1S/C16H14N4O3S/c17-24(22,23)20-15(16(21)18-13-9-5-2-6-10-13)11-14(19-20)12-7-3-1-4-8-12/h1-11H,(H,18,21)(H2,17,22,23). The molecular formula is C16H14N4O3S. The van der Waals surface area contributed by atoms with Crippen LogP contribution in [0.15, 0.2) is 66.7 Å². The molecule has 3 rings (SSSR count). The van der Waals surface area contributed by atoms with Gasteiger partial charge in [0.25, 0.3) is 5.91 Å². The van der Waals surface area contributed by atoms with Crippen LogP contribution in [0.1, 0.15) is 10.5 Å².